The quantitative estimate of drug-likeness (QED) is 0.839. The van der Waals surface area contributed by atoms with Crippen LogP contribution in [0, 0.1) is 12.7 Å². The molecule has 0 spiro atoms. The standard InChI is InChI=1S/C13H16FNO3S/c1-8-3-4-10(14)9(7-8)12(16)15-11(13(17)18)5-6-19-2/h3-4,7,11H,5-6H2,1-2H3,(H,15,16)(H,17,18). The summed E-state index contributed by atoms with van der Waals surface area (Å²) in [5.41, 5.74) is 0.609. The molecular weight excluding hydrogens is 269 g/mol. The van der Waals surface area contributed by atoms with Crippen molar-refractivity contribution in [3.05, 3.63) is 35.1 Å². The number of benzene rings is 1. The van der Waals surface area contributed by atoms with E-state index in [4.69, 9.17) is 5.11 Å². The minimum absolute atomic E-state index is 0.129. The Kier molecular flexibility index (Phi) is 5.82. The fourth-order valence-corrected chi connectivity index (χ4v) is 2.01. The Labute approximate surface area is 115 Å². The Morgan fingerprint density at radius 1 is 1.47 bits per heavy atom. The highest BCUT2D eigenvalue weighted by Gasteiger charge is 2.21. The molecule has 1 unspecified atom stereocenters. The minimum Gasteiger partial charge on any atom is -0.480 e. The molecule has 6 heteroatoms. The van der Waals surface area contributed by atoms with Crippen molar-refractivity contribution in [1.29, 1.82) is 0 Å². The number of halogens is 1. The van der Waals surface area contributed by atoms with E-state index in [1.165, 1.54) is 23.9 Å². The van der Waals surface area contributed by atoms with Crippen LogP contribution in [0.25, 0.3) is 0 Å². The Morgan fingerprint density at radius 3 is 2.74 bits per heavy atom. The molecule has 0 saturated heterocycles. The van der Waals surface area contributed by atoms with Gasteiger partial charge in [0.25, 0.3) is 5.91 Å². The zero-order valence-corrected chi connectivity index (χ0v) is 11.6. The van der Waals surface area contributed by atoms with Gasteiger partial charge in [-0.25, -0.2) is 9.18 Å². The number of carboxylic acid groups (broad SMARTS) is 1. The van der Waals surface area contributed by atoms with Crippen LogP contribution in [0.5, 0.6) is 0 Å². The third-order valence-corrected chi connectivity index (χ3v) is 3.22. The van der Waals surface area contributed by atoms with Crippen LogP contribution in [0.1, 0.15) is 22.3 Å². The molecule has 0 heterocycles. The third-order valence-electron chi connectivity index (χ3n) is 2.58. The molecule has 0 aliphatic heterocycles. The number of amides is 1. The van der Waals surface area contributed by atoms with Gasteiger partial charge < -0.3 is 10.4 Å². The Balaban J connectivity index is 2.81. The van der Waals surface area contributed by atoms with Crippen LogP contribution in [0.3, 0.4) is 0 Å². The summed E-state index contributed by atoms with van der Waals surface area (Å²) in [6, 6.07) is 3.15. The van der Waals surface area contributed by atoms with E-state index in [-0.39, 0.29) is 5.56 Å². The summed E-state index contributed by atoms with van der Waals surface area (Å²) >= 11 is 1.49. The molecule has 0 aromatic heterocycles. The van der Waals surface area contributed by atoms with E-state index in [1.54, 1.807) is 13.0 Å². The molecular formula is C13H16FNO3S. The summed E-state index contributed by atoms with van der Waals surface area (Å²) in [4.78, 5) is 22.9. The van der Waals surface area contributed by atoms with Crippen LogP contribution in [0.2, 0.25) is 0 Å². The third kappa shape index (κ3) is 4.55. The Morgan fingerprint density at radius 2 is 2.16 bits per heavy atom. The monoisotopic (exact) mass is 285 g/mol. The number of aryl methyl sites for hydroxylation is 1. The van der Waals surface area contributed by atoms with E-state index >= 15 is 0 Å². The number of carboxylic acids is 1. The number of thioether (sulfide) groups is 1. The maximum absolute atomic E-state index is 13.5. The van der Waals surface area contributed by atoms with Gasteiger partial charge in [-0.1, -0.05) is 11.6 Å². The van der Waals surface area contributed by atoms with Gasteiger partial charge in [0.15, 0.2) is 0 Å². The lowest BCUT2D eigenvalue weighted by Gasteiger charge is -2.14. The van der Waals surface area contributed by atoms with Crippen molar-refractivity contribution in [2.24, 2.45) is 0 Å². The molecule has 1 aromatic carbocycles. The summed E-state index contributed by atoms with van der Waals surface area (Å²) in [5, 5.41) is 11.3. The first kappa shape index (κ1) is 15.5. The molecule has 1 amide bonds. The number of carbonyl (C=O) groups is 2. The van der Waals surface area contributed by atoms with Crippen molar-refractivity contribution >= 4 is 23.6 Å². The highest BCUT2D eigenvalue weighted by Crippen LogP contribution is 2.11. The van der Waals surface area contributed by atoms with E-state index in [1.807, 2.05) is 6.26 Å². The average molecular weight is 285 g/mol. The molecule has 4 nitrogen and oxygen atoms in total. The fourth-order valence-electron chi connectivity index (χ4n) is 1.54. The molecule has 0 aliphatic rings. The summed E-state index contributed by atoms with van der Waals surface area (Å²) in [5.74, 6) is -1.87. The van der Waals surface area contributed by atoms with Gasteiger partial charge in [0, 0.05) is 0 Å². The van der Waals surface area contributed by atoms with Crippen LogP contribution < -0.4 is 5.32 Å². The van der Waals surface area contributed by atoms with Gasteiger partial charge in [-0.15, -0.1) is 0 Å². The minimum atomic E-state index is -1.12. The second-order valence-electron chi connectivity index (χ2n) is 4.13. The first-order valence-corrected chi connectivity index (χ1v) is 7.14. The van der Waals surface area contributed by atoms with Crippen molar-refractivity contribution in [1.82, 2.24) is 5.32 Å². The van der Waals surface area contributed by atoms with Crippen molar-refractivity contribution in [2.75, 3.05) is 12.0 Å². The second kappa shape index (κ2) is 7.13. The molecule has 1 rings (SSSR count). The Bertz CT molecular complexity index is 479. The number of nitrogens with one attached hydrogen (secondary N) is 1. The molecule has 0 bridgehead atoms. The van der Waals surface area contributed by atoms with E-state index in [9.17, 15) is 14.0 Å². The fraction of sp³-hybridized carbons (Fsp3) is 0.385. The topological polar surface area (TPSA) is 66.4 Å². The number of carbonyl (C=O) groups excluding carboxylic acids is 1. The largest absolute Gasteiger partial charge is 0.480 e. The van der Waals surface area contributed by atoms with E-state index in [0.717, 1.165) is 5.56 Å². The molecule has 0 fully saturated rings. The molecule has 1 atom stereocenters. The zero-order chi connectivity index (χ0) is 14.4. The number of hydrogen-bond donors (Lipinski definition) is 2. The Hall–Kier alpha value is -1.56. The molecule has 2 N–H and O–H groups in total. The summed E-state index contributed by atoms with van der Waals surface area (Å²) in [6.07, 6.45) is 2.15. The summed E-state index contributed by atoms with van der Waals surface area (Å²) < 4.78 is 13.5. The normalized spacial score (nSPS) is 11.9. The van der Waals surface area contributed by atoms with Crippen molar-refractivity contribution in [2.45, 2.75) is 19.4 Å². The van der Waals surface area contributed by atoms with Crippen molar-refractivity contribution in [3.63, 3.8) is 0 Å². The predicted octanol–water partition coefficient (Wildman–Crippen LogP) is 2.07. The smallest absolute Gasteiger partial charge is 0.326 e. The highest BCUT2D eigenvalue weighted by atomic mass is 32.2. The van der Waals surface area contributed by atoms with Crippen LogP contribution in [0.15, 0.2) is 18.2 Å². The molecule has 1 aromatic rings. The zero-order valence-electron chi connectivity index (χ0n) is 10.8. The van der Waals surface area contributed by atoms with Gasteiger partial charge in [-0.05, 0) is 37.5 Å². The first-order valence-electron chi connectivity index (χ1n) is 5.74. The SMILES string of the molecule is CSCCC(NC(=O)c1cc(C)ccc1F)C(=O)O. The van der Waals surface area contributed by atoms with E-state index in [2.05, 4.69) is 5.32 Å². The second-order valence-corrected chi connectivity index (χ2v) is 5.11. The van der Waals surface area contributed by atoms with Crippen LogP contribution >= 0.6 is 11.8 Å². The first-order chi connectivity index (χ1) is 8.95. The molecule has 19 heavy (non-hydrogen) atoms. The maximum Gasteiger partial charge on any atom is 0.326 e. The summed E-state index contributed by atoms with van der Waals surface area (Å²) in [7, 11) is 0. The lowest BCUT2D eigenvalue weighted by atomic mass is 10.1. The number of aliphatic carboxylic acids is 1. The van der Waals surface area contributed by atoms with Crippen molar-refractivity contribution in [3.8, 4) is 0 Å². The summed E-state index contributed by atoms with van der Waals surface area (Å²) in [6.45, 7) is 1.73. The predicted molar refractivity (Wildman–Crippen MR) is 73.0 cm³/mol. The van der Waals surface area contributed by atoms with Gasteiger partial charge in [0.2, 0.25) is 0 Å². The van der Waals surface area contributed by atoms with Crippen LogP contribution in [-0.4, -0.2) is 35.0 Å². The van der Waals surface area contributed by atoms with Gasteiger partial charge in [0.05, 0.1) is 5.56 Å². The lowest BCUT2D eigenvalue weighted by Crippen LogP contribution is -2.41. The van der Waals surface area contributed by atoms with Gasteiger partial charge in [-0.3, -0.25) is 4.79 Å². The number of rotatable bonds is 6. The van der Waals surface area contributed by atoms with Gasteiger partial charge >= 0.3 is 5.97 Å². The van der Waals surface area contributed by atoms with Crippen LogP contribution in [0.4, 0.5) is 4.39 Å². The molecule has 0 radical (unpaired) electrons. The molecule has 104 valence electrons. The highest BCUT2D eigenvalue weighted by molar-refractivity contribution is 7.98. The van der Waals surface area contributed by atoms with Crippen molar-refractivity contribution < 1.29 is 19.1 Å². The number of hydrogen-bond acceptors (Lipinski definition) is 3. The van der Waals surface area contributed by atoms with Gasteiger partial charge in [-0.2, -0.15) is 11.8 Å². The van der Waals surface area contributed by atoms with E-state index in [0.29, 0.717) is 12.2 Å². The van der Waals surface area contributed by atoms with Crippen LogP contribution in [-0.2, 0) is 4.79 Å². The van der Waals surface area contributed by atoms with E-state index < -0.39 is 23.7 Å². The maximum atomic E-state index is 13.5. The molecule has 0 aliphatic carbocycles. The lowest BCUT2D eigenvalue weighted by molar-refractivity contribution is -0.139. The average Bonchev–Trinajstić information content (AvgIpc) is 2.36. The molecule has 0 saturated carbocycles. The van der Waals surface area contributed by atoms with Gasteiger partial charge in [0.1, 0.15) is 11.9 Å².